The van der Waals surface area contributed by atoms with E-state index in [1.165, 1.54) is 4.31 Å². The normalized spacial score (nSPS) is 17.4. The minimum absolute atomic E-state index is 0. The van der Waals surface area contributed by atoms with Crippen LogP contribution in [0.2, 0.25) is 0 Å². The summed E-state index contributed by atoms with van der Waals surface area (Å²) < 4.78 is 28.9. The molecule has 2 N–H and O–H groups in total. The molecule has 1 unspecified atom stereocenters. The van der Waals surface area contributed by atoms with Crippen molar-refractivity contribution >= 4 is 16.2 Å². The second kappa shape index (κ2) is 10.8. The van der Waals surface area contributed by atoms with Crippen LogP contribution in [0, 0.1) is 5.92 Å². The van der Waals surface area contributed by atoms with Crippen LogP contribution >= 0.6 is 0 Å². The van der Waals surface area contributed by atoms with Crippen molar-refractivity contribution in [3.05, 3.63) is 35.9 Å². The van der Waals surface area contributed by atoms with Gasteiger partial charge in [-0.05, 0) is 30.9 Å². The van der Waals surface area contributed by atoms with Gasteiger partial charge in [-0.3, -0.25) is 4.79 Å². The van der Waals surface area contributed by atoms with E-state index in [-0.39, 0.29) is 13.8 Å². The lowest BCUT2D eigenvalue weighted by Gasteiger charge is -2.34. The Morgan fingerprint density at radius 3 is 2.26 bits per heavy atom. The molecule has 1 atom stereocenters. The lowest BCUT2D eigenvalue weighted by molar-refractivity contribution is -0.138. The van der Waals surface area contributed by atoms with Crippen LogP contribution in [0.5, 0.6) is 0 Å². The molecular formula is C19H33N3O4S. The monoisotopic (exact) mass is 399 g/mol. The first-order valence-electron chi connectivity index (χ1n) is 9.04. The van der Waals surface area contributed by atoms with Gasteiger partial charge in [-0.25, -0.2) is 0 Å². The number of hydrogen-bond donors (Lipinski definition) is 2. The molecule has 0 radical (unpaired) electrons. The van der Waals surface area contributed by atoms with E-state index in [1.54, 1.807) is 24.3 Å². The zero-order valence-corrected chi connectivity index (χ0v) is 16.3. The van der Waals surface area contributed by atoms with Crippen LogP contribution in [0.4, 0.5) is 0 Å². The van der Waals surface area contributed by atoms with Gasteiger partial charge in [0.2, 0.25) is 0 Å². The zero-order chi connectivity index (χ0) is 19.2. The number of piperazine rings is 1. The topological polar surface area (TPSA) is 90.0 Å². The molecule has 1 aliphatic heterocycles. The third-order valence-corrected chi connectivity index (χ3v) is 6.19. The predicted octanol–water partition coefficient (Wildman–Crippen LogP) is 1.82. The van der Waals surface area contributed by atoms with E-state index in [1.807, 2.05) is 6.07 Å². The van der Waals surface area contributed by atoms with E-state index in [0.29, 0.717) is 32.1 Å². The molecule has 0 aliphatic carbocycles. The van der Waals surface area contributed by atoms with Crippen molar-refractivity contribution < 1.29 is 18.3 Å². The molecule has 2 rings (SSSR count). The summed E-state index contributed by atoms with van der Waals surface area (Å²) in [6.07, 6.45) is 1.20. The van der Waals surface area contributed by atoms with Crippen molar-refractivity contribution in [3.63, 3.8) is 0 Å². The highest BCUT2D eigenvalue weighted by atomic mass is 32.2. The van der Waals surface area contributed by atoms with E-state index < -0.39 is 22.2 Å². The van der Waals surface area contributed by atoms with Gasteiger partial charge in [0.1, 0.15) is 6.04 Å². The SMILES string of the molecule is C.CC(C)CCN1CCN(S(=O)(=O)NC(Cc2ccccc2)C(=O)O)CC1. The smallest absolute Gasteiger partial charge is 0.322 e. The summed E-state index contributed by atoms with van der Waals surface area (Å²) >= 11 is 0. The van der Waals surface area contributed by atoms with E-state index >= 15 is 0 Å². The highest BCUT2D eigenvalue weighted by molar-refractivity contribution is 7.87. The highest BCUT2D eigenvalue weighted by Gasteiger charge is 2.31. The quantitative estimate of drug-likeness (QED) is 0.661. The molecule has 0 amide bonds. The molecule has 154 valence electrons. The summed E-state index contributed by atoms with van der Waals surface area (Å²) in [7, 11) is -3.83. The van der Waals surface area contributed by atoms with Crippen LogP contribution in [-0.2, 0) is 21.4 Å². The Bertz CT molecular complexity index is 671. The van der Waals surface area contributed by atoms with Crippen molar-refractivity contribution in [2.24, 2.45) is 5.92 Å². The van der Waals surface area contributed by atoms with Crippen molar-refractivity contribution in [2.45, 2.75) is 40.2 Å². The number of nitrogens with one attached hydrogen (secondary N) is 1. The molecule has 7 nitrogen and oxygen atoms in total. The second-order valence-electron chi connectivity index (χ2n) is 7.13. The van der Waals surface area contributed by atoms with E-state index in [2.05, 4.69) is 23.5 Å². The van der Waals surface area contributed by atoms with Gasteiger partial charge in [-0.1, -0.05) is 51.6 Å². The van der Waals surface area contributed by atoms with Gasteiger partial charge in [-0.15, -0.1) is 0 Å². The number of nitrogens with zero attached hydrogens (tertiary/aromatic N) is 2. The Labute approximate surface area is 163 Å². The molecule has 0 bridgehead atoms. The summed E-state index contributed by atoms with van der Waals surface area (Å²) in [5.41, 5.74) is 0.779. The van der Waals surface area contributed by atoms with Gasteiger partial charge < -0.3 is 10.0 Å². The molecule has 1 saturated heterocycles. The summed E-state index contributed by atoms with van der Waals surface area (Å²) in [4.78, 5) is 13.8. The molecule has 1 aromatic carbocycles. The average Bonchev–Trinajstić information content (AvgIpc) is 2.60. The molecule has 27 heavy (non-hydrogen) atoms. The number of benzene rings is 1. The van der Waals surface area contributed by atoms with Gasteiger partial charge in [0.25, 0.3) is 10.2 Å². The van der Waals surface area contributed by atoms with Gasteiger partial charge in [0.05, 0.1) is 0 Å². The molecule has 0 aromatic heterocycles. The largest absolute Gasteiger partial charge is 0.480 e. The third kappa shape index (κ3) is 7.57. The van der Waals surface area contributed by atoms with Crippen LogP contribution in [0.25, 0.3) is 0 Å². The number of rotatable bonds is 9. The fourth-order valence-corrected chi connectivity index (χ4v) is 4.25. The molecule has 1 fully saturated rings. The summed E-state index contributed by atoms with van der Waals surface area (Å²) in [5.74, 6) is -0.555. The first-order chi connectivity index (χ1) is 12.3. The van der Waals surface area contributed by atoms with Crippen LogP contribution in [-0.4, -0.2) is 67.5 Å². The Kier molecular flexibility index (Phi) is 9.38. The van der Waals surface area contributed by atoms with E-state index in [9.17, 15) is 18.3 Å². The van der Waals surface area contributed by atoms with E-state index in [4.69, 9.17) is 0 Å². The summed E-state index contributed by atoms with van der Waals surface area (Å²) in [6, 6.07) is 7.84. The van der Waals surface area contributed by atoms with Crippen LogP contribution in [0.1, 0.15) is 33.3 Å². The first-order valence-corrected chi connectivity index (χ1v) is 10.5. The molecule has 8 heteroatoms. The standard InChI is InChI=1S/C18H29N3O4S.CH4/c1-15(2)8-9-20-10-12-21(13-11-20)26(24,25)19-17(18(22)23)14-16-6-4-3-5-7-16;/h3-7,15,17,19H,8-14H2,1-2H3,(H,22,23);1H4. The Balaban J connectivity index is 0.00000364. The second-order valence-corrected chi connectivity index (χ2v) is 8.83. The molecule has 0 spiro atoms. The molecule has 1 heterocycles. The maximum absolute atomic E-state index is 12.6. The number of aliphatic carboxylic acids is 1. The molecular weight excluding hydrogens is 366 g/mol. The number of hydrogen-bond acceptors (Lipinski definition) is 4. The fourth-order valence-electron chi connectivity index (χ4n) is 2.92. The number of carbonyl (C=O) groups is 1. The summed E-state index contributed by atoms with van der Waals surface area (Å²) in [6.45, 7) is 7.40. The first kappa shape index (κ1) is 23.6. The minimum atomic E-state index is -3.83. The van der Waals surface area contributed by atoms with Gasteiger partial charge in [0.15, 0.2) is 0 Å². The number of carboxylic acid groups (broad SMARTS) is 1. The van der Waals surface area contributed by atoms with Crippen molar-refractivity contribution in [1.82, 2.24) is 13.9 Å². The molecule has 1 aliphatic rings. The van der Waals surface area contributed by atoms with Crippen LogP contribution in [0.3, 0.4) is 0 Å². The van der Waals surface area contributed by atoms with E-state index in [0.717, 1.165) is 18.5 Å². The molecule has 1 aromatic rings. The summed E-state index contributed by atoms with van der Waals surface area (Å²) in [5, 5.41) is 9.41. The Morgan fingerprint density at radius 2 is 1.74 bits per heavy atom. The lowest BCUT2D eigenvalue weighted by atomic mass is 10.1. The van der Waals surface area contributed by atoms with Gasteiger partial charge >= 0.3 is 5.97 Å². The fraction of sp³-hybridized carbons (Fsp3) is 0.632. The zero-order valence-electron chi connectivity index (χ0n) is 15.5. The maximum atomic E-state index is 12.6. The lowest BCUT2D eigenvalue weighted by Crippen LogP contribution is -2.55. The Hall–Kier alpha value is -1.48. The third-order valence-electron chi connectivity index (χ3n) is 4.57. The van der Waals surface area contributed by atoms with Gasteiger partial charge in [0, 0.05) is 26.2 Å². The Morgan fingerprint density at radius 1 is 1.15 bits per heavy atom. The van der Waals surface area contributed by atoms with Gasteiger partial charge in [-0.2, -0.15) is 17.4 Å². The minimum Gasteiger partial charge on any atom is -0.480 e. The van der Waals surface area contributed by atoms with Crippen LogP contribution in [0.15, 0.2) is 30.3 Å². The highest BCUT2D eigenvalue weighted by Crippen LogP contribution is 2.11. The van der Waals surface area contributed by atoms with Crippen LogP contribution < -0.4 is 4.72 Å². The van der Waals surface area contributed by atoms with Crippen molar-refractivity contribution in [2.75, 3.05) is 32.7 Å². The average molecular weight is 400 g/mol. The maximum Gasteiger partial charge on any atom is 0.322 e. The van der Waals surface area contributed by atoms with Crippen molar-refractivity contribution in [1.29, 1.82) is 0 Å². The number of carboxylic acids is 1. The van der Waals surface area contributed by atoms with Crippen molar-refractivity contribution in [3.8, 4) is 0 Å². The predicted molar refractivity (Wildman–Crippen MR) is 108 cm³/mol. The molecule has 0 saturated carbocycles.